The number of thiazole rings is 1. The standard InChI is InChI=1S/C22H16ClN5O2S2/c1-28-20(18-10-14-9-15(23)7-8-17(14)30-18)26-27-22(28)32-12-19(29)25-21-24-16(11-31-21)13-5-3-2-4-6-13/h2-11H,12H2,1H3,(H,24,25,29). The lowest BCUT2D eigenvalue weighted by Gasteiger charge is -2.03. The summed E-state index contributed by atoms with van der Waals surface area (Å²) in [5, 5.41) is 15.9. The smallest absolute Gasteiger partial charge is 0.236 e. The second-order valence-electron chi connectivity index (χ2n) is 6.90. The lowest BCUT2D eigenvalue weighted by Crippen LogP contribution is -2.14. The van der Waals surface area contributed by atoms with Gasteiger partial charge in [-0.3, -0.25) is 4.79 Å². The molecule has 0 aliphatic carbocycles. The molecule has 160 valence electrons. The molecule has 1 amide bonds. The molecule has 0 saturated heterocycles. The molecule has 0 bridgehead atoms. The van der Waals surface area contributed by atoms with Crippen LogP contribution in [0.2, 0.25) is 5.02 Å². The van der Waals surface area contributed by atoms with E-state index in [-0.39, 0.29) is 11.7 Å². The highest BCUT2D eigenvalue weighted by Gasteiger charge is 2.17. The molecule has 3 aromatic heterocycles. The minimum Gasteiger partial charge on any atom is -0.453 e. The number of carbonyl (C=O) groups is 1. The zero-order chi connectivity index (χ0) is 22.1. The van der Waals surface area contributed by atoms with Gasteiger partial charge in [0.05, 0.1) is 11.4 Å². The number of aromatic nitrogens is 4. The Labute approximate surface area is 196 Å². The van der Waals surface area contributed by atoms with E-state index in [1.54, 1.807) is 10.6 Å². The van der Waals surface area contributed by atoms with Crippen molar-refractivity contribution >= 4 is 56.7 Å². The Morgan fingerprint density at radius 1 is 1.19 bits per heavy atom. The number of amides is 1. The van der Waals surface area contributed by atoms with Crippen LogP contribution in [0.25, 0.3) is 33.8 Å². The summed E-state index contributed by atoms with van der Waals surface area (Å²) in [5.41, 5.74) is 2.57. The van der Waals surface area contributed by atoms with Gasteiger partial charge in [0.2, 0.25) is 5.91 Å². The van der Waals surface area contributed by atoms with E-state index in [0.29, 0.717) is 26.9 Å². The van der Waals surface area contributed by atoms with Gasteiger partial charge >= 0.3 is 0 Å². The number of nitrogens with zero attached hydrogens (tertiary/aromatic N) is 4. The van der Waals surface area contributed by atoms with E-state index in [1.807, 2.05) is 61.0 Å². The van der Waals surface area contributed by atoms with E-state index in [0.717, 1.165) is 22.2 Å². The number of fused-ring (bicyclic) bond motifs is 1. The predicted octanol–water partition coefficient (Wildman–Crippen LogP) is 5.74. The summed E-state index contributed by atoms with van der Waals surface area (Å²) in [6.07, 6.45) is 0. The maximum Gasteiger partial charge on any atom is 0.236 e. The topological polar surface area (TPSA) is 85.8 Å². The van der Waals surface area contributed by atoms with Crippen LogP contribution in [-0.4, -0.2) is 31.4 Å². The van der Waals surface area contributed by atoms with Crippen molar-refractivity contribution in [1.29, 1.82) is 0 Å². The maximum absolute atomic E-state index is 12.4. The summed E-state index contributed by atoms with van der Waals surface area (Å²) in [6, 6.07) is 17.1. The average molecular weight is 482 g/mol. The van der Waals surface area contributed by atoms with Crippen LogP contribution in [0.3, 0.4) is 0 Å². The largest absolute Gasteiger partial charge is 0.453 e. The maximum atomic E-state index is 12.4. The molecule has 0 aliphatic rings. The molecule has 7 nitrogen and oxygen atoms in total. The molecule has 2 aromatic carbocycles. The van der Waals surface area contributed by atoms with E-state index < -0.39 is 0 Å². The fraction of sp³-hybridized carbons (Fsp3) is 0.0909. The van der Waals surface area contributed by atoms with Crippen molar-refractivity contribution in [2.45, 2.75) is 5.16 Å². The number of carbonyl (C=O) groups excluding carboxylic acids is 1. The van der Waals surface area contributed by atoms with E-state index >= 15 is 0 Å². The van der Waals surface area contributed by atoms with Crippen molar-refractivity contribution in [1.82, 2.24) is 19.7 Å². The Balaban J connectivity index is 1.24. The minimum absolute atomic E-state index is 0.160. The molecule has 3 heterocycles. The van der Waals surface area contributed by atoms with Crippen LogP contribution < -0.4 is 5.32 Å². The van der Waals surface area contributed by atoms with Crippen LogP contribution in [0.4, 0.5) is 5.13 Å². The average Bonchev–Trinajstić information content (AvgIpc) is 3.51. The lowest BCUT2D eigenvalue weighted by atomic mass is 10.2. The van der Waals surface area contributed by atoms with Gasteiger partial charge in [-0.05, 0) is 24.3 Å². The molecule has 1 N–H and O–H groups in total. The van der Waals surface area contributed by atoms with Gasteiger partial charge in [0.1, 0.15) is 5.58 Å². The van der Waals surface area contributed by atoms with Crippen molar-refractivity contribution < 1.29 is 9.21 Å². The molecule has 0 aliphatic heterocycles. The Morgan fingerprint density at radius 2 is 2.03 bits per heavy atom. The van der Waals surface area contributed by atoms with Gasteiger partial charge in [-0.1, -0.05) is 53.7 Å². The summed E-state index contributed by atoms with van der Waals surface area (Å²) < 4.78 is 7.67. The van der Waals surface area contributed by atoms with Crippen LogP contribution in [0.5, 0.6) is 0 Å². The molecule has 0 radical (unpaired) electrons. The highest BCUT2D eigenvalue weighted by Crippen LogP contribution is 2.30. The summed E-state index contributed by atoms with van der Waals surface area (Å²) >= 11 is 8.74. The van der Waals surface area contributed by atoms with Gasteiger partial charge in [0.15, 0.2) is 21.9 Å². The molecule has 0 spiro atoms. The summed E-state index contributed by atoms with van der Waals surface area (Å²) in [7, 11) is 1.84. The van der Waals surface area contributed by atoms with Gasteiger partial charge in [0.25, 0.3) is 0 Å². The summed E-state index contributed by atoms with van der Waals surface area (Å²) in [5.74, 6) is 1.19. The molecule has 0 saturated carbocycles. The fourth-order valence-electron chi connectivity index (χ4n) is 3.14. The first-order chi connectivity index (χ1) is 15.6. The molecule has 10 heteroatoms. The number of anilines is 1. The van der Waals surface area contributed by atoms with Crippen LogP contribution in [0.1, 0.15) is 0 Å². The number of furan rings is 1. The molecule has 5 aromatic rings. The first-order valence-electron chi connectivity index (χ1n) is 9.59. The first kappa shape index (κ1) is 20.7. The van der Waals surface area contributed by atoms with Crippen molar-refractivity contribution in [3.63, 3.8) is 0 Å². The van der Waals surface area contributed by atoms with E-state index in [2.05, 4.69) is 20.5 Å². The van der Waals surface area contributed by atoms with Crippen molar-refractivity contribution in [2.75, 3.05) is 11.1 Å². The molecule has 5 rings (SSSR count). The SMILES string of the molecule is Cn1c(SCC(=O)Nc2nc(-c3ccccc3)cs2)nnc1-c1cc2cc(Cl)ccc2o1. The Morgan fingerprint density at radius 3 is 2.88 bits per heavy atom. The van der Waals surface area contributed by atoms with Gasteiger partial charge in [-0.15, -0.1) is 21.5 Å². The number of hydrogen-bond donors (Lipinski definition) is 1. The number of rotatable bonds is 6. The first-order valence-corrected chi connectivity index (χ1v) is 11.8. The van der Waals surface area contributed by atoms with E-state index in [1.165, 1.54) is 23.1 Å². The Hall–Kier alpha value is -3.14. The summed E-state index contributed by atoms with van der Waals surface area (Å²) in [4.78, 5) is 16.9. The highest BCUT2D eigenvalue weighted by atomic mass is 35.5. The van der Waals surface area contributed by atoms with Crippen LogP contribution in [0, 0.1) is 0 Å². The molecule has 0 fully saturated rings. The molecular formula is C22H16ClN5O2S2. The zero-order valence-electron chi connectivity index (χ0n) is 16.8. The van der Waals surface area contributed by atoms with Gasteiger partial charge in [-0.2, -0.15) is 0 Å². The third-order valence-electron chi connectivity index (χ3n) is 4.69. The van der Waals surface area contributed by atoms with Gasteiger partial charge in [-0.25, -0.2) is 4.98 Å². The predicted molar refractivity (Wildman–Crippen MR) is 128 cm³/mol. The fourth-order valence-corrected chi connectivity index (χ4v) is 4.77. The number of benzene rings is 2. The Kier molecular flexibility index (Phi) is 5.69. The number of nitrogens with one attached hydrogen (secondary N) is 1. The summed E-state index contributed by atoms with van der Waals surface area (Å²) in [6.45, 7) is 0. The number of halogens is 1. The van der Waals surface area contributed by atoms with Crippen LogP contribution in [0.15, 0.2) is 69.6 Å². The second-order valence-corrected chi connectivity index (χ2v) is 9.14. The Bertz CT molecular complexity index is 1410. The zero-order valence-corrected chi connectivity index (χ0v) is 19.2. The number of hydrogen-bond acceptors (Lipinski definition) is 7. The molecule has 0 atom stereocenters. The number of thioether (sulfide) groups is 1. The third kappa shape index (κ3) is 4.27. The second kappa shape index (κ2) is 8.78. The van der Waals surface area contributed by atoms with Crippen LogP contribution >= 0.6 is 34.7 Å². The molecule has 32 heavy (non-hydrogen) atoms. The van der Waals surface area contributed by atoms with Crippen molar-refractivity contribution in [3.8, 4) is 22.8 Å². The molecular weight excluding hydrogens is 466 g/mol. The quantitative estimate of drug-likeness (QED) is 0.311. The monoisotopic (exact) mass is 481 g/mol. The van der Waals surface area contributed by atoms with Crippen molar-refractivity contribution in [3.05, 3.63) is 65.0 Å². The normalized spacial score (nSPS) is 11.2. The molecule has 0 unspecified atom stereocenters. The van der Waals surface area contributed by atoms with E-state index in [4.69, 9.17) is 16.0 Å². The van der Waals surface area contributed by atoms with Crippen molar-refractivity contribution in [2.24, 2.45) is 7.05 Å². The van der Waals surface area contributed by atoms with Gasteiger partial charge < -0.3 is 14.3 Å². The van der Waals surface area contributed by atoms with Gasteiger partial charge in [0, 0.05) is 28.4 Å². The third-order valence-corrected chi connectivity index (χ3v) is 6.70. The van der Waals surface area contributed by atoms with Crippen LogP contribution in [-0.2, 0) is 11.8 Å². The van der Waals surface area contributed by atoms with E-state index in [9.17, 15) is 4.79 Å². The highest BCUT2D eigenvalue weighted by molar-refractivity contribution is 7.99. The minimum atomic E-state index is -0.160. The lowest BCUT2D eigenvalue weighted by molar-refractivity contribution is -0.113.